The maximum atomic E-state index is 13.0. The Morgan fingerprint density at radius 3 is 2.56 bits per heavy atom. The molecule has 130 valence electrons. The van der Waals surface area contributed by atoms with E-state index in [-0.39, 0.29) is 22.3 Å². The molecule has 0 spiro atoms. The molecule has 0 saturated heterocycles. The van der Waals surface area contributed by atoms with Gasteiger partial charge in [0.1, 0.15) is 0 Å². The van der Waals surface area contributed by atoms with Gasteiger partial charge in [0, 0.05) is 6.54 Å². The van der Waals surface area contributed by atoms with Gasteiger partial charge >= 0.3 is 11.4 Å². The number of aryl methyl sites for hydroxylation is 1. The lowest BCUT2D eigenvalue weighted by Crippen LogP contribution is -2.31. The fourth-order valence-corrected chi connectivity index (χ4v) is 4.13. The normalized spacial score (nSPS) is 11.6. The van der Waals surface area contributed by atoms with Crippen molar-refractivity contribution in [2.24, 2.45) is 0 Å². The topological polar surface area (TPSA) is 100 Å². The zero-order valence-corrected chi connectivity index (χ0v) is 14.5. The highest BCUT2D eigenvalue weighted by molar-refractivity contribution is 7.92. The minimum absolute atomic E-state index is 0.000898. The van der Waals surface area contributed by atoms with Crippen molar-refractivity contribution in [3.63, 3.8) is 0 Å². The fraction of sp³-hybridized carbons (Fsp3) is 0.176. The Hall–Kier alpha value is -2.87. The number of nitrogens with zero attached hydrogens (tertiary/aromatic N) is 1. The van der Waals surface area contributed by atoms with Crippen LogP contribution in [-0.2, 0) is 10.0 Å². The molecule has 1 heterocycles. The van der Waals surface area contributed by atoms with Crippen molar-refractivity contribution in [3.8, 4) is 0 Å². The van der Waals surface area contributed by atoms with Gasteiger partial charge in [-0.25, -0.2) is 18.0 Å². The van der Waals surface area contributed by atoms with Crippen molar-refractivity contribution in [3.05, 3.63) is 69.0 Å². The summed E-state index contributed by atoms with van der Waals surface area (Å²) in [6.45, 7) is 3.83. The van der Waals surface area contributed by atoms with Gasteiger partial charge in [0.2, 0.25) is 0 Å². The number of rotatable bonds is 4. The van der Waals surface area contributed by atoms with Crippen molar-refractivity contribution in [1.82, 2.24) is 4.98 Å². The monoisotopic (exact) mass is 360 g/mol. The number of anilines is 1. The van der Waals surface area contributed by atoms with Crippen LogP contribution in [0.15, 0.2) is 61.4 Å². The third kappa shape index (κ3) is 3.08. The first-order valence-electron chi connectivity index (χ1n) is 7.59. The zero-order chi connectivity index (χ0) is 18.2. The number of fused-ring (bicyclic) bond motifs is 1. The lowest BCUT2D eigenvalue weighted by Gasteiger charge is -2.23. The molecule has 7 nitrogen and oxygen atoms in total. The second-order valence-electron chi connectivity index (χ2n) is 5.52. The molecule has 3 rings (SSSR count). The molecular formula is C17H16N2O5S. The van der Waals surface area contributed by atoms with Gasteiger partial charge in [-0.2, -0.15) is 0 Å². The summed E-state index contributed by atoms with van der Waals surface area (Å²) in [6.07, 6.45) is 0. The zero-order valence-electron chi connectivity index (χ0n) is 13.6. The second-order valence-corrected chi connectivity index (χ2v) is 7.38. The molecule has 0 saturated carbocycles. The first-order valence-corrected chi connectivity index (χ1v) is 9.03. The van der Waals surface area contributed by atoms with Crippen LogP contribution in [-0.4, -0.2) is 19.9 Å². The lowest BCUT2D eigenvalue weighted by atomic mass is 10.2. The average Bonchev–Trinajstić information content (AvgIpc) is 2.55. The van der Waals surface area contributed by atoms with E-state index in [1.807, 2.05) is 13.0 Å². The van der Waals surface area contributed by atoms with Gasteiger partial charge in [-0.15, -0.1) is 0 Å². The lowest BCUT2D eigenvalue weighted by molar-refractivity contribution is 0.460. The molecule has 0 aliphatic heterocycles. The summed E-state index contributed by atoms with van der Waals surface area (Å²) in [5.74, 6) is -0.886. The SMILES string of the molecule is CCN(c1cccc(C)c1)S(=O)(=O)c1ccc2[nH]c(=O)oc(=O)c2c1. The Morgan fingerprint density at radius 1 is 1.12 bits per heavy atom. The number of sulfonamides is 1. The van der Waals surface area contributed by atoms with Crippen LogP contribution < -0.4 is 15.7 Å². The van der Waals surface area contributed by atoms with E-state index >= 15 is 0 Å². The van der Waals surface area contributed by atoms with Crippen LogP contribution >= 0.6 is 0 Å². The quantitative estimate of drug-likeness (QED) is 0.767. The number of H-pyrrole nitrogens is 1. The number of benzene rings is 2. The molecule has 1 N–H and O–H groups in total. The van der Waals surface area contributed by atoms with Crippen LogP contribution in [0.3, 0.4) is 0 Å². The van der Waals surface area contributed by atoms with Gasteiger partial charge in [-0.1, -0.05) is 12.1 Å². The molecule has 0 unspecified atom stereocenters. The maximum absolute atomic E-state index is 13.0. The summed E-state index contributed by atoms with van der Waals surface area (Å²) in [5, 5.41) is 0.000898. The third-order valence-corrected chi connectivity index (χ3v) is 5.70. The third-order valence-electron chi connectivity index (χ3n) is 3.80. The van der Waals surface area contributed by atoms with Crippen LogP contribution in [0.5, 0.6) is 0 Å². The molecule has 1 aromatic heterocycles. The summed E-state index contributed by atoms with van der Waals surface area (Å²) in [6, 6.07) is 11.1. The van der Waals surface area contributed by atoms with E-state index in [1.165, 1.54) is 22.5 Å². The largest absolute Gasteiger partial charge is 0.419 e. The van der Waals surface area contributed by atoms with E-state index in [4.69, 9.17) is 0 Å². The Kier molecular flexibility index (Phi) is 4.22. The molecule has 0 bridgehead atoms. The van der Waals surface area contributed by atoms with Crippen molar-refractivity contribution in [1.29, 1.82) is 0 Å². The molecule has 0 aliphatic rings. The molecule has 0 radical (unpaired) electrons. The van der Waals surface area contributed by atoms with Gasteiger partial charge < -0.3 is 4.42 Å². The minimum Gasteiger partial charge on any atom is -0.372 e. The number of aromatic nitrogens is 1. The van der Waals surface area contributed by atoms with Crippen LogP contribution in [0.1, 0.15) is 12.5 Å². The molecule has 0 fully saturated rings. The predicted molar refractivity (Wildman–Crippen MR) is 94.5 cm³/mol. The van der Waals surface area contributed by atoms with E-state index in [1.54, 1.807) is 25.1 Å². The molecular weight excluding hydrogens is 344 g/mol. The Balaban J connectivity index is 2.17. The molecule has 8 heteroatoms. The summed E-state index contributed by atoms with van der Waals surface area (Å²) in [4.78, 5) is 25.4. The van der Waals surface area contributed by atoms with Crippen molar-refractivity contribution >= 4 is 26.6 Å². The minimum atomic E-state index is -3.88. The summed E-state index contributed by atoms with van der Waals surface area (Å²) in [7, 11) is -3.88. The van der Waals surface area contributed by atoms with Gasteiger partial charge in [0.05, 0.1) is 21.5 Å². The summed E-state index contributed by atoms with van der Waals surface area (Å²) >= 11 is 0. The molecule has 0 aliphatic carbocycles. The number of aromatic amines is 1. The fourth-order valence-electron chi connectivity index (χ4n) is 2.64. The number of hydrogen-bond donors (Lipinski definition) is 1. The smallest absolute Gasteiger partial charge is 0.372 e. The van der Waals surface area contributed by atoms with Gasteiger partial charge in [-0.05, 0) is 49.7 Å². The van der Waals surface area contributed by atoms with E-state index < -0.39 is 21.4 Å². The summed E-state index contributed by atoms with van der Waals surface area (Å²) < 4.78 is 31.8. The summed E-state index contributed by atoms with van der Waals surface area (Å²) in [5.41, 5.74) is 0.812. The van der Waals surface area contributed by atoms with Crippen LogP contribution in [0.2, 0.25) is 0 Å². The Labute approximate surface area is 143 Å². The van der Waals surface area contributed by atoms with E-state index in [2.05, 4.69) is 9.40 Å². The first kappa shape index (κ1) is 17.0. The van der Waals surface area contributed by atoms with Gasteiger partial charge in [-0.3, -0.25) is 9.29 Å². The molecule has 3 aromatic rings. The van der Waals surface area contributed by atoms with Crippen molar-refractivity contribution in [2.75, 3.05) is 10.8 Å². The molecule has 2 aromatic carbocycles. The highest BCUT2D eigenvalue weighted by Crippen LogP contribution is 2.25. The van der Waals surface area contributed by atoms with Crippen LogP contribution in [0, 0.1) is 6.92 Å². The first-order chi connectivity index (χ1) is 11.8. The Bertz CT molecular complexity index is 1160. The van der Waals surface area contributed by atoms with E-state index in [0.29, 0.717) is 5.69 Å². The standard InChI is InChI=1S/C17H16N2O5S/c1-3-19(12-6-4-5-11(2)9-12)25(22,23)13-7-8-15-14(10-13)16(20)24-17(21)18-15/h4-10H,3H2,1-2H3,(H,18,21). The highest BCUT2D eigenvalue weighted by atomic mass is 32.2. The highest BCUT2D eigenvalue weighted by Gasteiger charge is 2.24. The molecule has 0 atom stereocenters. The van der Waals surface area contributed by atoms with E-state index in [0.717, 1.165) is 5.56 Å². The predicted octanol–water partition coefficient (Wildman–Crippen LogP) is 2.00. The van der Waals surface area contributed by atoms with Crippen molar-refractivity contribution in [2.45, 2.75) is 18.7 Å². The van der Waals surface area contributed by atoms with E-state index in [9.17, 15) is 18.0 Å². The second kappa shape index (κ2) is 6.21. The maximum Gasteiger partial charge on any atom is 0.419 e. The number of nitrogens with one attached hydrogen (secondary N) is 1. The number of hydrogen-bond acceptors (Lipinski definition) is 5. The molecule has 0 amide bonds. The average molecular weight is 360 g/mol. The van der Waals surface area contributed by atoms with Crippen LogP contribution in [0.25, 0.3) is 10.9 Å². The molecule has 25 heavy (non-hydrogen) atoms. The Morgan fingerprint density at radius 2 is 1.88 bits per heavy atom. The van der Waals surface area contributed by atoms with Gasteiger partial charge in [0.25, 0.3) is 10.0 Å². The van der Waals surface area contributed by atoms with Gasteiger partial charge in [0.15, 0.2) is 0 Å². The van der Waals surface area contributed by atoms with Crippen LogP contribution in [0.4, 0.5) is 5.69 Å². The van der Waals surface area contributed by atoms with Crippen molar-refractivity contribution < 1.29 is 12.8 Å².